The minimum Gasteiger partial charge on any atom is -0.301 e. The molecule has 1 fully saturated rings. The number of hydrogen-bond acceptors (Lipinski definition) is 3. The van der Waals surface area contributed by atoms with Crippen LogP contribution in [0.25, 0.3) is 0 Å². The van der Waals surface area contributed by atoms with Crippen LogP contribution >= 0.6 is 0 Å². The molecule has 22 heavy (non-hydrogen) atoms. The van der Waals surface area contributed by atoms with Crippen LogP contribution in [0, 0.1) is 0 Å². The third-order valence-corrected chi connectivity index (χ3v) is 4.54. The zero-order chi connectivity index (χ0) is 15.2. The Hall–Kier alpha value is -1.68. The van der Waals surface area contributed by atoms with E-state index < -0.39 is 0 Å². The van der Waals surface area contributed by atoms with Gasteiger partial charge in [0.15, 0.2) is 0 Å². The van der Waals surface area contributed by atoms with Crippen molar-refractivity contribution in [3.05, 3.63) is 71.8 Å². The first-order valence-corrected chi connectivity index (χ1v) is 8.15. The van der Waals surface area contributed by atoms with E-state index in [1.807, 2.05) is 5.01 Å². The van der Waals surface area contributed by atoms with E-state index in [0.29, 0.717) is 5.92 Å². The molecule has 2 aromatic rings. The van der Waals surface area contributed by atoms with E-state index in [4.69, 9.17) is 5.84 Å². The fourth-order valence-electron chi connectivity index (χ4n) is 3.20. The van der Waals surface area contributed by atoms with Crippen LogP contribution in [-0.4, -0.2) is 42.6 Å². The van der Waals surface area contributed by atoms with Crippen molar-refractivity contribution in [3.8, 4) is 0 Å². The summed E-state index contributed by atoms with van der Waals surface area (Å²) in [6.45, 7) is 5.23. The van der Waals surface area contributed by atoms with Gasteiger partial charge in [-0.1, -0.05) is 60.7 Å². The van der Waals surface area contributed by atoms with Crippen LogP contribution in [0.1, 0.15) is 23.5 Å². The molecule has 116 valence electrons. The normalized spacial score (nSPS) is 17.0. The van der Waals surface area contributed by atoms with Crippen molar-refractivity contribution in [2.24, 2.45) is 5.84 Å². The van der Waals surface area contributed by atoms with Gasteiger partial charge in [-0.15, -0.1) is 0 Å². The van der Waals surface area contributed by atoms with Crippen molar-refractivity contribution < 1.29 is 0 Å². The van der Waals surface area contributed by atoms with Crippen LogP contribution in [0.5, 0.6) is 0 Å². The number of rotatable bonds is 5. The molecule has 1 saturated heterocycles. The predicted molar refractivity (Wildman–Crippen MR) is 91.5 cm³/mol. The summed E-state index contributed by atoms with van der Waals surface area (Å²) in [5, 5.41) is 1.92. The monoisotopic (exact) mass is 295 g/mol. The summed E-state index contributed by atoms with van der Waals surface area (Å²) in [5.41, 5.74) is 2.82. The smallest absolute Gasteiger partial charge is 0.0257 e. The van der Waals surface area contributed by atoms with Crippen molar-refractivity contribution in [1.82, 2.24) is 9.91 Å². The highest BCUT2D eigenvalue weighted by atomic mass is 15.4. The minimum atomic E-state index is 0.471. The summed E-state index contributed by atoms with van der Waals surface area (Å²) >= 11 is 0. The Morgan fingerprint density at radius 3 is 1.77 bits per heavy atom. The van der Waals surface area contributed by atoms with Gasteiger partial charge in [0.1, 0.15) is 0 Å². The van der Waals surface area contributed by atoms with Crippen molar-refractivity contribution in [2.45, 2.75) is 12.3 Å². The molecule has 0 unspecified atom stereocenters. The van der Waals surface area contributed by atoms with Gasteiger partial charge in [0, 0.05) is 32.1 Å². The van der Waals surface area contributed by atoms with E-state index in [9.17, 15) is 0 Å². The van der Waals surface area contributed by atoms with Gasteiger partial charge in [0.2, 0.25) is 0 Å². The molecule has 1 aliphatic rings. The summed E-state index contributed by atoms with van der Waals surface area (Å²) in [6, 6.07) is 21.7. The number of piperazine rings is 1. The predicted octanol–water partition coefficient (Wildman–Crippen LogP) is 2.70. The van der Waals surface area contributed by atoms with Crippen molar-refractivity contribution >= 4 is 0 Å². The van der Waals surface area contributed by atoms with E-state index in [-0.39, 0.29) is 0 Å². The fourth-order valence-corrected chi connectivity index (χ4v) is 3.20. The maximum Gasteiger partial charge on any atom is 0.0257 e. The van der Waals surface area contributed by atoms with Crippen LogP contribution in [-0.2, 0) is 0 Å². The summed E-state index contributed by atoms with van der Waals surface area (Å²) < 4.78 is 0. The van der Waals surface area contributed by atoms with E-state index in [1.54, 1.807) is 0 Å². The number of hydrogen-bond donors (Lipinski definition) is 1. The summed E-state index contributed by atoms with van der Waals surface area (Å²) in [7, 11) is 0. The summed E-state index contributed by atoms with van der Waals surface area (Å²) in [5.74, 6) is 6.31. The quantitative estimate of drug-likeness (QED) is 0.861. The van der Waals surface area contributed by atoms with Crippen molar-refractivity contribution in [1.29, 1.82) is 0 Å². The van der Waals surface area contributed by atoms with Gasteiger partial charge in [-0.3, -0.25) is 5.84 Å². The molecule has 0 amide bonds. The highest BCUT2D eigenvalue weighted by molar-refractivity contribution is 5.32. The largest absolute Gasteiger partial charge is 0.301 e. The van der Waals surface area contributed by atoms with Crippen LogP contribution < -0.4 is 5.84 Å². The van der Waals surface area contributed by atoms with Crippen LogP contribution in [0.15, 0.2) is 60.7 Å². The van der Waals surface area contributed by atoms with Crippen LogP contribution in [0.2, 0.25) is 0 Å². The fraction of sp³-hybridized carbons (Fsp3) is 0.368. The number of nitrogens with zero attached hydrogens (tertiary/aromatic N) is 2. The Morgan fingerprint density at radius 2 is 1.27 bits per heavy atom. The Bertz CT molecular complexity index is 508. The second-order valence-electron chi connectivity index (χ2n) is 6.04. The van der Waals surface area contributed by atoms with Gasteiger partial charge in [-0.2, -0.15) is 0 Å². The Kier molecular flexibility index (Phi) is 5.22. The maximum absolute atomic E-state index is 5.84. The molecule has 0 aliphatic carbocycles. The lowest BCUT2D eigenvalue weighted by Crippen LogP contribution is -2.49. The van der Waals surface area contributed by atoms with Gasteiger partial charge in [-0.25, -0.2) is 5.01 Å². The molecule has 3 rings (SSSR count). The zero-order valence-electron chi connectivity index (χ0n) is 13.1. The number of benzene rings is 2. The second kappa shape index (κ2) is 7.54. The number of hydrazine groups is 1. The maximum atomic E-state index is 5.84. The molecular weight excluding hydrogens is 270 g/mol. The summed E-state index contributed by atoms with van der Waals surface area (Å²) in [6.07, 6.45) is 1.15. The number of nitrogens with two attached hydrogens (primary N) is 1. The summed E-state index contributed by atoms with van der Waals surface area (Å²) in [4.78, 5) is 2.53. The van der Waals surface area contributed by atoms with Gasteiger partial charge >= 0.3 is 0 Å². The van der Waals surface area contributed by atoms with Gasteiger partial charge < -0.3 is 4.90 Å². The van der Waals surface area contributed by atoms with Gasteiger partial charge in [0.25, 0.3) is 0 Å². The average Bonchev–Trinajstić information content (AvgIpc) is 2.59. The van der Waals surface area contributed by atoms with E-state index in [2.05, 4.69) is 65.6 Å². The molecule has 2 aromatic carbocycles. The minimum absolute atomic E-state index is 0.471. The SMILES string of the molecule is NN1CCN(CCC(c2ccccc2)c2ccccc2)CC1. The molecule has 1 heterocycles. The first-order chi connectivity index (χ1) is 10.8. The van der Waals surface area contributed by atoms with E-state index in [1.165, 1.54) is 11.1 Å². The molecule has 2 N–H and O–H groups in total. The molecule has 0 radical (unpaired) electrons. The highest BCUT2D eigenvalue weighted by Gasteiger charge is 2.18. The van der Waals surface area contributed by atoms with E-state index >= 15 is 0 Å². The van der Waals surface area contributed by atoms with E-state index in [0.717, 1.165) is 39.1 Å². The van der Waals surface area contributed by atoms with Crippen LogP contribution in [0.3, 0.4) is 0 Å². The Labute approximate surface area is 133 Å². The zero-order valence-corrected chi connectivity index (χ0v) is 13.1. The molecule has 1 aliphatic heterocycles. The van der Waals surface area contributed by atoms with Crippen LogP contribution in [0.4, 0.5) is 0 Å². The lowest BCUT2D eigenvalue weighted by molar-refractivity contribution is 0.131. The molecular formula is C19H25N3. The average molecular weight is 295 g/mol. The molecule has 0 atom stereocenters. The molecule has 3 heteroatoms. The lowest BCUT2D eigenvalue weighted by atomic mass is 9.88. The highest BCUT2D eigenvalue weighted by Crippen LogP contribution is 2.28. The Morgan fingerprint density at radius 1 is 0.773 bits per heavy atom. The molecule has 0 bridgehead atoms. The second-order valence-corrected chi connectivity index (χ2v) is 6.04. The first kappa shape index (κ1) is 15.2. The molecule has 0 aromatic heterocycles. The molecule has 0 saturated carbocycles. The van der Waals surface area contributed by atoms with Crippen molar-refractivity contribution in [2.75, 3.05) is 32.7 Å². The third-order valence-electron chi connectivity index (χ3n) is 4.54. The molecule has 3 nitrogen and oxygen atoms in total. The lowest BCUT2D eigenvalue weighted by Gasteiger charge is -2.33. The first-order valence-electron chi connectivity index (χ1n) is 8.15. The third kappa shape index (κ3) is 3.95. The Balaban J connectivity index is 1.70. The topological polar surface area (TPSA) is 32.5 Å². The molecule has 0 spiro atoms. The standard InChI is InChI=1S/C19H25N3/c20-22-15-13-21(14-16-22)12-11-19(17-7-3-1-4-8-17)18-9-5-2-6-10-18/h1-10,19H,11-16,20H2. The van der Waals surface area contributed by atoms with Gasteiger partial charge in [0.05, 0.1) is 0 Å². The van der Waals surface area contributed by atoms with Gasteiger partial charge in [-0.05, 0) is 24.1 Å². The van der Waals surface area contributed by atoms with Crippen molar-refractivity contribution in [3.63, 3.8) is 0 Å².